The van der Waals surface area contributed by atoms with Crippen molar-refractivity contribution in [3.05, 3.63) is 56.2 Å². The summed E-state index contributed by atoms with van der Waals surface area (Å²) in [7, 11) is 0. The average Bonchev–Trinajstić information content (AvgIpc) is 2.69. The summed E-state index contributed by atoms with van der Waals surface area (Å²) >= 11 is 23.7. The van der Waals surface area contributed by atoms with Gasteiger partial charge in [0.05, 0.1) is 26.8 Å². The smallest absolute Gasteiger partial charge is 0.182 e. The number of H-pyrrole nitrogens is 1. The van der Waals surface area contributed by atoms with Crippen molar-refractivity contribution >= 4 is 58.1 Å². The molecule has 0 aliphatic rings. The molecule has 0 amide bonds. The van der Waals surface area contributed by atoms with E-state index in [0.29, 0.717) is 19.8 Å². The highest BCUT2D eigenvalue weighted by atomic mass is 35.5. The Morgan fingerprint density at radius 2 is 1.84 bits per heavy atom. The molecule has 1 N–H and O–H groups in total. The number of halogens is 3. The van der Waals surface area contributed by atoms with E-state index in [2.05, 4.69) is 4.98 Å². The topological polar surface area (TPSA) is 20.7 Å². The largest absolute Gasteiger partial charge is 0.330 e. The first-order valence-electron chi connectivity index (χ1n) is 5.42. The number of imidazole rings is 1. The quantitative estimate of drug-likeness (QED) is 0.572. The van der Waals surface area contributed by atoms with Crippen molar-refractivity contribution in [2.45, 2.75) is 0 Å². The van der Waals surface area contributed by atoms with Crippen LogP contribution in [0.5, 0.6) is 0 Å². The second kappa shape index (κ2) is 4.84. The van der Waals surface area contributed by atoms with E-state index >= 15 is 0 Å². The molecule has 2 nitrogen and oxygen atoms in total. The first-order valence-corrected chi connectivity index (χ1v) is 6.97. The molecule has 1 heterocycles. The maximum atomic E-state index is 6.25. The summed E-state index contributed by atoms with van der Waals surface area (Å²) in [6.45, 7) is 0. The average molecular weight is 330 g/mol. The molecule has 3 rings (SSSR count). The Bertz CT molecular complexity index is 836. The molecule has 0 unspecified atom stereocenters. The fourth-order valence-electron chi connectivity index (χ4n) is 1.98. The van der Waals surface area contributed by atoms with Gasteiger partial charge in [0.1, 0.15) is 0 Å². The summed E-state index contributed by atoms with van der Waals surface area (Å²) in [5.74, 6) is 0. The number of hydrogen-bond donors (Lipinski definition) is 1. The van der Waals surface area contributed by atoms with Crippen LogP contribution in [0.4, 0.5) is 0 Å². The number of benzene rings is 2. The van der Waals surface area contributed by atoms with Gasteiger partial charge < -0.3 is 4.98 Å². The molecule has 0 radical (unpaired) electrons. The van der Waals surface area contributed by atoms with E-state index in [1.807, 2.05) is 28.8 Å². The molecule has 0 saturated carbocycles. The molecule has 0 spiro atoms. The van der Waals surface area contributed by atoms with Gasteiger partial charge in [0.25, 0.3) is 0 Å². The molecule has 0 fully saturated rings. The zero-order valence-electron chi connectivity index (χ0n) is 9.45. The summed E-state index contributed by atoms with van der Waals surface area (Å²) in [4.78, 5) is 3.12. The highest BCUT2D eigenvalue weighted by Gasteiger charge is 2.11. The molecule has 2 aromatic carbocycles. The number of nitrogens with zero attached hydrogens (tertiary/aromatic N) is 1. The van der Waals surface area contributed by atoms with Crippen LogP contribution in [0.15, 0.2) is 36.4 Å². The summed E-state index contributed by atoms with van der Waals surface area (Å²) < 4.78 is 2.37. The molecule has 0 bridgehead atoms. The third kappa shape index (κ3) is 2.17. The molecule has 3 aromatic rings. The first-order chi connectivity index (χ1) is 9.08. The maximum absolute atomic E-state index is 6.25. The van der Waals surface area contributed by atoms with Gasteiger partial charge in [0, 0.05) is 5.02 Å². The SMILES string of the molecule is S=c1[nH]c2ccc(Cl)cc2n1-c1cccc(Cl)c1Cl. The lowest BCUT2D eigenvalue weighted by Gasteiger charge is -2.08. The van der Waals surface area contributed by atoms with E-state index in [4.69, 9.17) is 47.0 Å². The van der Waals surface area contributed by atoms with E-state index in [9.17, 15) is 0 Å². The molecule has 0 atom stereocenters. The van der Waals surface area contributed by atoms with Crippen LogP contribution in [0.3, 0.4) is 0 Å². The Morgan fingerprint density at radius 3 is 2.63 bits per heavy atom. The van der Waals surface area contributed by atoms with Gasteiger partial charge in [-0.15, -0.1) is 0 Å². The Kier molecular flexibility index (Phi) is 3.31. The normalized spacial score (nSPS) is 11.1. The Labute approximate surface area is 129 Å². The van der Waals surface area contributed by atoms with Gasteiger partial charge >= 0.3 is 0 Å². The van der Waals surface area contributed by atoms with E-state index in [1.54, 1.807) is 12.1 Å². The Morgan fingerprint density at radius 1 is 1.05 bits per heavy atom. The number of nitrogens with one attached hydrogen (secondary N) is 1. The lowest BCUT2D eigenvalue weighted by molar-refractivity contribution is 1.07. The highest BCUT2D eigenvalue weighted by molar-refractivity contribution is 7.71. The molecular weight excluding hydrogens is 323 g/mol. The van der Waals surface area contributed by atoms with E-state index in [0.717, 1.165) is 16.7 Å². The predicted molar refractivity (Wildman–Crippen MR) is 83.5 cm³/mol. The number of rotatable bonds is 1. The number of aromatic nitrogens is 2. The van der Waals surface area contributed by atoms with Crippen LogP contribution in [0, 0.1) is 4.77 Å². The standard InChI is InChI=1S/C13H7Cl3N2S/c14-7-4-5-9-11(6-7)18(13(19)17-9)10-3-1-2-8(15)12(10)16/h1-6H,(H,17,19). The van der Waals surface area contributed by atoms with Gasteiger partial charge in [-0.1, -0.05) is 40.9 Å². The maximum Gasteiger partial charge on any atom is 0.182 e. The Balaban J connectivity index is 2.42. The van der Waals surface area contributed by atoms with Gasteiger partial charge in [-0.25, -0.2) is 0 Å². The summed E-state index contributed by atoms with van der Waals surface area (Å²) in [5, 5.41) is 1.58. The molecule has 1 aromatic heterocycles. The number of hydrogen-bond acceptors (Lipinski definition) is 1. The fourth-order valence-corrected chi connectivity index (χ4v) is 2.83. The van der Waals surface area contributed by atoms with Crippen LogP contribution in [0.2, 0.25) is 15.1 Å². The molecule has 0 saturated heterocycles. The van der Waals surface area contributed by atoms with Crippen LogP contribution < -0.4 is 0 Å². The summed E-state index contributed by atoms with van der Waals surface area (Å²) in [6, 6.07) is 10.9. The van der Waals surface area contributed by atoms with E-state index in [-0.39, 0.29) is 0 Å². The zero-order valence-corrected chi connectivity index (χ0v) is 12.5. The minimum atomic E-state index is 0.459. The summed E-state index contributed by atoms with van der Waals surface area (Å²) in [5.41, 5.74) is 2.49. The van der Waals surface area contributed by atoms with Crippen LogP contribution in [-0.4, -0.2) is 9.55 Å². The molecule has 19 heavy (non-hydrogen) atoms. The van der Waals surface area contributed by atoms with Crippen LogP contribution in [-0.2, 0) is 0 Å². The zero-order chi connectivity index (χ0) is 13.6. The van der Waals surface area contributed by atoms with E-state index in [1.165, 1.54) is 0 Å². The van der Waals surface area contributed by atoms with Crippen molar-refractivity contribution in [3.8, 4) is 5.69 Å². The van der Waals surface area contributed by atoms with Crippen molar-refractivity contribution < 1.29 is 0 Å². The number of fused-ring (bicyclic) bond motifs is 1. The van der Waals surface area contributed by atoms with Crippen LogP contribution in [0.25, 0.3) is 16.7 Å². The molecule has 0 aliphatic carbocycles. The molecule has 6 heteroatoms. The minimum Gasteiger partial charge on any atom is -0.330 e. The van der Waals surface area contributed by atoms with Crippen molar-refractivity contribution in [1.82, 2.24) is 9.55 Å². The van der Waals surface area contributed by atoms with Gasteiger partial charge in [-0.3, -0.25) is 4.57 Å². The summed E-state index contributed by atoms with van der Waals surface area (Å²) in [6.07, 6.45) is 0. The van der Waals surface area contributed by atoms with Crippen molar-refractivity contribution in [3.63, 3.8) is 0 Å². The molecule has 96 valence electrons. The van der Waals surface area contributed by atoms with Gasteiger partial charge in [0.2, 0.25) is 0 Å². The Hall–Kier alpha value is -1.000. The van der Waals surface area contributed by atoms with Gasteiger partial charge in [-0.05, 0) is 42.5 Å². The van der Waals surface area contributed by atoms with Crippen molar-refractivity contribution in [1.29, 1.82) is 0 Å². The third-order valence-electron chi connectivity index (χ3n) is 2.82. The van der Waals surface area contributed by atoms with Crippen molar-refractivity contribution in [2.24, 2.45) is 0 Å². The lowest BCUT2D eigenvalue weighted by Crippen LogP contribution is -1.95. The lowest BCUT2D eigenvalue weighted by atomic mass is 10.3. The second-order valence-electron chi connectivity index (χ2n) is 4.00. The van der Waals surface area contributed by atoms with Crippen LogP contribution in [0.1, 0.15) is 0 Å². The predicted octanol–water partition coefficient (Wildman–Crippen LogP) is 5.65. The van der Waals surface area contributed by atoms with Crippen LogP contribution >= 0.6 is 47.0 Å². The molecule has 0 aliphatic heterocycles. The minimum absolute atomic E-state index is 0.459. The molecular formula is C13H7Cl3N2S. The highest BCUT2D eigenvalue weighted by Crippen LogP contribution is 2.31. The third-order valence-corrected chi connectivity index (χ3v) is 4.15. The fraction of sp³-hybridized carbons (Fsp3) is 0. The second-order valence-corrected chi connectivity index (χ2v) is 5.61. The van der Waals surface area contributed by atoms with Gasteiger partial charge in [-0.2, -0.15) is 0 Å². The van der Waals surface area contributed by atoms with E-state index < -0.39 is 0 Å². The first kappa shape index (κ1) is 13.0. The number of aromatic amines is 1. The van der Waals surface area contributed by atoms with Crippen molar-refractivity contribution in [2.75, 3.05) is 0 Å². The monoisotopic (exact) mass is 328 g/mol. The van der Waals surface area contributed by atoms with Gasteiger partial charge in [0.15, 0.2) is 4.77 Å².